The van der Waals surface area contributed by atoms with Gasteiger partial charge in [-0.15, -0.1) is 11.8 Å². The molecule has 1 aromatic heterocycles. The van der Waals surface area contributed by atoms with Crippen LogP contribution in [0.2, 0.25) is 0 Å². The smallest absolute Gasteiger partial charge is 0.388 e. The van der Waals surface area contributed by atoms with Crippen molar-refractivity contribution in [2.45, 2.75) is 41.8 Å². The molecule has 0 spiro atoms. The van der Waals surface area contributed by atoms with Crippen LogP contribution in [0.15, 0.2) is 94.9 Å². The van der Waals surface area contributed by atoms with E-state index in [0.29, 0.717) is 21.7 Å². The zero-order valence-electron chi connectivity index (χ0n) is 21.6. The number of benzene rings is 3. The molecule has 1 aliphatic heterocycles. The van der Waals surface area contributed by atoms with Crippen molar-refractivity contribution in [3.05, 3.63) is 107 Å². The van der Waals surface area contributed by atoms with E-state index in [9.17, 15) is 28.8 Å². The fraction of sp³-hybridized carbons (Fsp3) is 0.259. The number of hydrogen-bond donors (Lipinski definition) is 3. The average Bonchev–Trinajstić information content (AvgIpc) is 3.31. The normalized spacial score (nSPS) is 21.9. The molecule has 5 rings (SSSR count). The van der Waals surface area contributed by atoms with E-state index in [4.69, 9.17) is 9.26 Å². The molecule has 0 aliphatic carbocycles. The lowest BCUT2D eigenvalue weighted by Crippen LogP contribution is -2.31. The molecule has 11 nitrogen and oxygen atoms in total. The molecule has 0 radical (unpaired) electrons. The zero-order chi connectivity index (χ0) is 29.0. The van der Waals surface area contributed by atoms with Crippen molar-refractivity contribution in [2.24, 2.45) is 0 Å². The van der Waals surface area contributed by atoms with Crippen molar-refractivity contribution in [1.29, 1.82) is 0 Å². The van der Waals surface area contributed by atoms with Crippen molar-refractivity contribution in [2.75, 3.05) is 6.61 Å². The van der Waals surface area contributed by atoms with Crippen LogP contribution in [0.5, 0.6) is 0 Å². The molecule has 1 fully saturated rings. The van der Waals surface area contributed by atoms with Crippen LogP contribution in [-0.4, -0.2) is 43.3 Å². The summed E-state index contributed by atoms with van der Waals surface area (Å²) in [5.74, 6) is 0.630. The van der Waals surface area contributed by atoms with Crippen molar-refractivity contribution < 1.29 is 37.6 Å². The predicted octanol–water partition coefficient (Wildman–Crippen LogP) is 4.86. The maximum Gasteiger partial charge on any atom is 0.479 e. The van der Waals surface area contributed by atoms with Crippen LogP contribution in [0, 0.1) is 0 Å². The van der Waals surface area contributed by atoms with E-state index in [1.165, 1.54) is 18.0 Å². The van der Waals surface area contributed by atoms with Crippen LogP contribution in [0.3, 0.4) is 0 Å². The fourth-order valence-electron chi connectivity index (χ4n) is 4.53. The van der Waals surface area contributed by atoms with Crippen LogP contribution in [0.25, 0.3) is 10.8 Å². The number of nitrogens with zero attached hydrogens (tertiary/aromatic N) is 2. The lowest BCUT2D eigenvalue weighted by Gasteiger charge is -2.19. The van der Waals surface area contributed by atoms with Gasteiger partial charge in [0.15, 0.2) is 6.23 Å². The van der Waals surface area contributed by atoms with Crippen LogP contribution >= 0.6 is 27.2 Å². The molecule has 2 unspecified atom stereocenters. The molecule has 4 aromatic rings. The molecule has 5 atom stereocenters. The van der Waals surface area contributed by atoms with Gasteiger partial charge in [0.2, 0.25) is 0 Å². The summed E-state index contributed by atoms with van der Waals surface area (Å²) in [5.41, 5.74) is 0.930. The number of aliphatic hydroxyl groups is 1. The van der Waals surface area contributed by atoms with Gasteiger partial charge in [-0.05, 0) is 28.0 Å². The number of rotatable bonds is 11. The SMILES string of the molecule is O=c1nc(SCc2ccccc2)ccn1[C@@H]1O[C@H](COP(=O)(O)OP(=O)(O)Cc2cccc3ccccc23)C[C@@H]1O. The van der Waals surface area contributed by atoms with E-state index >= 15 is 0 Å². The summed E-state index contributed by atoms with van der Waals surface area (Å²) in [7, 11) is -9.58. The Bertz CT molecular complexity index is 1660. The van der Waals surface area contributed by atoms with Gasteiger partial charge >= 0.3 is 21.1 Å². The summed E-state index contributed by atoms with van der Waals surface area (Å²) in [6, 6.07) is 23.8. The first-order valence-corrected chi connectivity index (χ1v) is 16.9. The first kappa shape index (κ1) is 29.8. The Morgan fingerprint density at radius 1 is 1.00 bits per heavy atom. The number of phosphoric ester groups is 1. The molecule has 14 heteroatoms. The zero-order valence-corrected chi connectivity index (χ0v) is 24.2. The molecular formula is C27H28N2O9P2S. The molecule has 2 heterocycles. The van der Waals surface area contributed by atoms with Gasteiger partial charge in [-0.25, -0.2) is 13.7 Å². The molecule has 0 bridgehead atoms. The monoisotopic (exact) mass is 618 g/mol. The van der Waals surface area contributed by atoms with Crippen LogP contribution in [0.1, 0.15) is 23.8 Å². The third-order valence-electron chi connectivity index (χ3n) is 6.38. The van der Waals surface area contributed by atoms with Gasteiger partial charge in [0.05, 0.1) is 18.9 Å². The number of hydrogen-bond acceptors (Lipinski definition) is 9. The molecule has 216 valence electrons. The van der Waals surface area contributed by atoms with Gasteiger partial charge in [-0.2, -0.15) is 4.98 Å². The summed E-state index contributed by atoms with van der Waals surface area (Å²) in [6.45, 7) is -0.525. The lowest BCUT2D eigenvalue weighted by atomic mass is 10.1. The standard InChI is InChI=1S/C27H28N2O9P2S/c30-24-15-22(37-26(24)29-14-13-25(28-27(29)31)41-18-19-7-2-1-3-8-19)16-36-40(34,35)38-39(32,33)17-21-11-6-10-20-9-4-5-12-23(20)21/h1-14,22,24,26,30H,15-18H2,(H,32,33)(H,34,35)/t22-,24-,26+/m0/s1. The predicted molar refractivity (Wildman–Crippen MR) is 153 cm³/mol. The van der Waals surface area contributed by atoms with E-state index in [0.717, 1.165) is 15.5 Å². The molecule has 0 saturated carbocycles. The first-order valence-electron chi connectivity index (χ1n) is 12.7. The van der Waals surface area contributed by atoms with E-state index in [1.54, 1.807) is 30.3 Å². The quantitative estimate of drug-likeness (QED) is 0.120. The Kier molecular flexibility index (Phi) is 9.25. The first-order chi connectivity index (χ1) is 19.6. The topological polar surface area (TPSA) is 157 Å². The largest absolute Gasteiger partial charge is 0.479 e. The minimum absolute atomic E-state index is 0.0194. The van der Waals surface area contributed by atoms with E-state index in [-0.39, 0.29) is 6.42 Å². The number of ether oxygens (including phenoxy) is 1. The van der Waals surface area contributed by atoms with Gasteiger partial charge in [0, 0.05) is 18.4 Å². The van der Waals surface area contributed by atoms with Crippen LogP contribution in [0.4, 0.5) is 0 Å². The Balaban J connectivity index is 1.16. The number of thioether (sulfide) groups is 1. The molecule has 41 heavy (non-hydrogen) atoms. The van der Waals surface area contributed by atoms with Gasteiger partial charge in [-0.3, -0.25) is 13.7 Å². The lowest BCUT2D eigenvalue weighted by molar-refractivity contribution is -0.0524. The minimum atomic E-state index is -4.98. The molecule has 3 aromatic carbocycles. The van der Waals surface area contributed by atoms with E-state index < -0.39 is 52.3 Å². The Hall–Kier alpha value is -2.63. The maximum absolute atomic E-state index is 12.7. The number of fused-ring (bicyclic) bond motifs is 1. The summed E-state index contributed by atoms with van der Waals surface area (Å²) in [4.78, 5) is 37.2. The second kappa shape index (κ2) is 12.7. The number of aromatic nitrogens is 2. The minimum Gasteiger partial charge on any atom is -0.388 e. The molecular weight excluding hydrogens is 590 g/mol. The highest BCUT2D eigenvalue weighted by molar-refractivity contribution is 7.98. The van der Waals surface area contributed by atoms with Gasteiger partial charge in [-0.1, -0.05) is 72.8 Å². The van der Waals surface area contributed by atoms with Gasteiger partial charge < -0.3 is 19.6 Å². The van der Waals surface area contributed by atoms with Crippen molar-refractivity contribution in [1.82, 2.24) is 9.55 Å². The molecule has 1 aliphatic rings. The van der Waals surface area contributed by atoms with Gasteiger partial charge in [0.25, 0.3) is 0 Å². The third kappa shape index (κ3) is 7.81. The second-order valence-electron chi connectivity index (χ2n) is 9.46. The van der Waals surface area contributed by atoms with Crippen molar-refractivity contribution in [3.8, 4) is 0 Å². The van der Waals surface area contributed by atoms with Crippen molar-refractivity contribution >= 4 is 38.0 Å². The highest BCUT2D eigenvalue weighted by Gasteiger charge is 2.39. The summed E-state index contributed by atoms with van der Waals surface area (Å²) in [6.07, 6.45) is -2.16. The van der Waals surface area contributed by atoms with Crippen LogP contribution < -0.4 is 5.69 Å². The van der Waals surface area contributed by atoms with Crippen LogP contribution in [-0.2, 0) is 34.6 Å². The summed E-state index contributed by atoms with van der Waals surface area (Å²) in [5, 5.41) is 12.6. The van der Waals surface area contributed by atoms with Gasteiger partial charge in [0.1, 0.15) is 11.1 Å². The number of aliphatic hydroxyl groups excluding tert-OH is 1. The highest BCUT2D eigenvalue weighted by atomic mass is 32.2. The second-order valence-corrected chi connectivity index (χ2v) is 13.9. The van der Waals surface area contributed by atoms with E-state index in [2.05, 4.69) is 9.29 Å². The average molecular weight is 619 g/mol. The van der Waals surface area contributed by atoms with E-state index in [1.807, 2.05) is 48.5 Å². The molecule has 1 saturated heterocycles. The Morgan fingerprint density at radius 3 is 2.51 bits per heavy atom. The third-order valence-corrected chi connectivity index (χ3v) is 10.4. The highest BCUT2D eigenvalue weighted by Crippen LogP contribution is 2.61. The summed E-state index contributed by atoms with van der Waals surface area (Å²) < 4.78 is 41.7. The summed E-state index contributed by atoms with van der Waals surface area (Å²) >= 11 is 1.39. The molecule has 3 N–H and O–H groups in total. The fourth-order valence-corrected chi connectivity index (χ4v) is 8.10. The number of phosphoric acid groups is 1. The Labute approximate surface area is 239 Å². The molecule has 0 amide bonds. The Morgan fingerprint density at radius 2 is 1.73 bits per heavy atom. The van der Waals surface area contributed by atoms with Crippen molar-refractivity contribution in [3.63, 3.8) is 0 Å². The maximum atomic E-state index is 12.7.